The van der Waals surface area contributed by atoms with Crippen molar-refractivity contribution in [3.63, 3.8) is 0 Å². The van der Waals surface area contributed by atoms with Gasteiger partial charge in [0.15, 0.2) is 5.03 Å². The summed E-state index contributed by atoms with van der Waals surface area (Å²) in [5.41, 5.74) is 7.49. The molecule has 0 aromatic heterocycles. The highest BCUT2D eigenvalue weighted by Crippen LogP contribution is 2.65. The van der Waals surface area contributed by atoms with Crippen molar-refractivity contribution in [1.82, 2.24) is 10.7 Å². The summed E-state index contributed by atoms with van der Waals surface area (Å²) in [7, 11) is -0.539. The van der Waals surface area contributed by atoms with Crippen LogP contribution in [-0.2, 0) is 18.9 Å². The summed E-state index contributed by atoms with van der Waals surface area (Å²) in [5.74, 6) is 0.743. The van der Waals surface area contributed by atoms with E-state index in [9.17, 15) is 19.7 Å². The van der Waals surface area contributed by atoms with Gasteiger partial charge in [-0.25, -0.2) is 15.1 Å². The number of nitrogens with one attached hydrogen (secondary N) is 2. The molecular formula is C33H58BN5O6. The van der Waals surface area contributed by atoms with E-state index < -0.39 is 18.1 Å². The second-order valence-electron chi connectivity index (χ2n) is 16.6. The molecule has 0 unspecified atom stereocenters. The Balaban J connectivity index is 1.44. The molecule has 0 aromatic carbocycles. The van der Waals surface area contributed by atoms with Gasteiger partial charge in [0, 0.05) is 24.8 Å². The van der Waals surface area contributed by atoms with E-state index in [-0.39, 0.29) is 65.0 Å². The van der Waals surface area contributed by atoms with Crippen molar-refractivity contribution in [3.8, 4) is 0 Å². The Morgan fingerprint density at radius 1 is 1.13 bits per heavy atom. The van der Waals surface area contributed by atoms with Crippen molar-refractivity contribution < 1.29 is 23.9 Å². The molecule has 6 atom stereocenters. The molecule has 2 bridgehead atoms. The van der Waals surface area contributed by atoms with Crippen LogP contribution >= 0.6 is 0 Å². The topological polar surface area (TPSA) is 158 Å². The summed E-state index contributed by atoms with van der Waals surface area (Å²) < 4.78 is 13.3. The predicted octanol–water partition coefficient (Wildman–Crippen LogP) is 5.09. The van der Waals surface area contributed by atoms with Crippen LogP contribution in [0.15, 0.2) is 4.99 Å². The molecule has 45 heavy (non-hydrogen) atoms. The molecule has 4 aliphatic carbocycles. The molecule has 1 aliphatic heterocycles. The van der Waals surface area contributed by atoms with Crippen LogP contribution in [0.25, 0.3) is 0 Å². The van der Waals surface area contributed by atoms with E-state index in [1.807, 2.05) is 5.43 Å². The largest absolute Gasteiger partial charge is 0.481 e. The lowest BCUT2D eigenvalue weighted by molar-refractivity contribution is -0.525. The first-order valence-corrected chi connectivity index (χ1v) is 17.3. The number of rotatable bonds is 13. The van der Waals surface area contributed by atoms with Gasteiger partial charge in [0.05, 0.1) is 17.6 Å². The Morgan fingerprint density at radius 3 is 2.38 bits per heavy atom. The minimum atomic E-state index is -0.759. The highest BCUT2D eigenvalue weighted by molar-refractivity contribution is 6.47. The highest BCUT2D eigenvalue weighted by Gasteiger charge is 2.68. The normalized spacial score (nSPS) is 32.3. The van der Waals surface area contributed by atoms with Crippen LogP contribution in [0.4, 0.5) is 0 Å². The number of nitrogens with two attached hydrogens (primary N) is 1. The fourth-order valence-electron chi connectivity index (χ4n) is 8.80. The number of Topliss-reactive ketones (excluding diaryl/α,β-unsaturated/α-hetero) is 1. The van der Waals surface area contributed by atoms with Crippen LogP contribution in [0.2, 0.25) is 0 Å². The number of aliphatic imine (C=N–C) groups is 1. The fraction of sp³-hybridized carbons (Fsp3) is 0.909. The molecule has 254 valence electrons. The lowest BCUT2D eigenvalue weighted by Gasteiger charge is -2.64. The van der Waals surface area contributed by atoms with Gasteiger partial charge in [0.2, 0.25) is 5.91 Å². The molecule has 11 nitrogen and oxygen atoms in total. The summed E-state index contributed by atoms with van der Waals surface area (Å²) in [6.45, 7) is 18.1. The third-order valence-corrected chi connectivity index (χ3v) is 11.8. The number of amides is 1. The minimum absolute atomic E-state index is 0.0162. The number of hydrogen-bond donors (Lipinski definition) is 3. The van der Waals surface area contributed by atoms with Crippen LogP contribution in [0, 0.1) is 56.5 Å². The van der Waals surface area contributed by atoms with Crippen LogP contribution in [-0.4, -0.2) is 54.0 Å². The first-order chi connectivity index (χ1) is 20.9. The average molecular weight is 632 g/mol. The van der Waals surface area contributed by atoms with Gasteiger partial charge >= 0.3 is 7.12 Å². The standard InChI is InChI=1S/C33H58BN5O6/c1-20(2)16-28(34-44-27-19-24-18-26(32(24,6)7)33(27,8)45-34)37-29(41)22(10-9-15-36-30(35)38-39(42)43)17-25(40)21-11-13-23(14-12-21)31(3,4)5/h20-24,26-28H,9-19H2,1-8H3,(H,37,41)(H3,35,36,38)/t21?,22-,23?,24+,26+,27-,28+,33+/m1/s1. The fourth-order valence-corrected chi connectivity index (χ4v) is 8.80. The van der Waals surface area contributed by atoms with E-state index in [1.54, 1.807) is 0 Å². The highest BCUT2D eigenvalue weighted by atomic mass is 16.7. The number of carbonyl (C=O) groups excluding carboxylic acids is 2. The molecule has 1 saturated heterocycles. The molecule has 0 radical (unpaired) electrons. The van der Waals surface area contributed by atoms with Crippen molar-refractivity contribution in [2.75, 3.05) is 6.54 Å². The maximum atomic E-state index is 14.0. The van der Waals surface area contributed by atoms with Crippen LogP contribution in [0.1, 0.15) is 120 Å². The Kier molecular flexibility index (Phi) is 11.0. The van der Waals surface area contributed by atoms with Gasteiger partial charge in [-0.05, 0) is 99.2 Å². The second-order valence-corrected chi connectivity index (χ2v) is 16.6. The predicted molar refractivity (Wildman–Crippen MR) is 175 cm³/mol. The third-order valence-electron chi connectivity index (χ3n) is 11.8. The molecule has 4 N–H and O–H groups in total. The van der Waals surface area contributed by atoms with E-state index in [2.05, 4.69) is 65.7 Å². The lowest BCUT2D eigenvalue weighted by atomic mass is 9.43. The maximum Gasteiger partial charge on any atom is 0.481 e. The zero-order valence-corrected chi connectivity index (χ0v) is 28.9. The Bertz CT molecular complexity index is 1120. The Hall–Kier alpha value is -2.21. The molecular weight excluding hydrogens is 573 g/mol. The van der Waals surface area contributed by atoms with E-state index in [1.165, 1.54) is 0 Å². The SMILES string of the molecule is CC(C)C[C@H](NC(=O)[C@H](CCCN=C(N)N[N+](=O)[O-])CC(=O)C1CCC(C(C)(C)C)CC1)B1O[C@@H]2C[C@@H]3C[C@@H](C3(C)C)[C@]2(C)O1. The molecule has 5 aliphatic rings. The zero-order valence-electron chi connectivity index (χ0n) is 28.9. The van der Waals surface area contributed by atoms with Gasteiger partial charge in [-0.15, -0.1) is 0 Å². The number of carbonyl (C=O) groups is 2. The summed E-state index contributed by atoms with van der Waals surface area (Å²) in [4.78, 5) is 42.3. The number of hydrogen-bond acceptors (Lipinski definition) is 7. The summed E-state index contributed by atoms with van der Waals surface area (Å²) in [6.07, 6.45) is 7.67. The number of ketones is 1. The summed E-state index contributed by atoms with van der Waals surface area (Å²) in [5, 5.41) is 13.2. The van der Waals surface area contributed by atoms with Gasteiger partial charge < -0.3 is 20.4 Å². The van der Waals surface area contributed by atoms with Crippen molar-refractivity contribution >= 4 is 24.8 Å². The lowest BCUT2D eigenvalue weighted by Crippen LogP contribution is -2.65. The number of guanidine groups is 1. The van der Waals surface area contributed by atoms with E-state index >= 15 is 0 Å². The first-order valence-electron chi connectivity index (χ1n) is 17.3. The Morgan fingerprint density at radius 2 is 1.80 bits per heavy atom. The molecule has 12 heteroatoms. The summed E-state index contributed by atoms with van der Waals surface area (Å²) >= 11 is 0. The molecule has 5 rings (SSSR count). The second kappa shape index (κ2) is 13.9. The van der Waals surface area contributed by atoms with Crippen LogP contribution < -0.4 is 16.5 Å². The van der Waals surface area contributed by atoms with Crippen molar-refractivity contribution in [2.45, 2.75) is 137 Å². The van der Waals surface area contributed by atoms with E-state index in [4.69, 9.17) is 15.0 Å². The van der Waals surface area contributed by atoms with Gasteiger partial charge in [-0.1, -0.05) is 53.9 Å². The molecule has 0 aromatic rings. The molecule has 5 fully saturated rings. The zero-order chi connectivity index (χ0) is 33.3. The third kappa shape index (κ3) is 8.21. The van der Waals surface area contributed by atoms with Crippen LogP contribution in [0.5, 0.6) is 0 Å². The first kappa shape index (κ1) is 35.6. The number of nitrogens with zero attached hydrogens (tertiary/aromatic N) is 2. The van der Waals surface area contributed by atoms with Crippen molar-refractivity contribution in [1.29, 1.82) is 0 Å². The minimum Gasteiger partial charge on any atom is -0.404 e. The van der Waals surface area contributed by atoms with Gasteiger partial charge in [-0.2, -0.15) is 0 Å². The molecule has 1 heterocycles. The molecule has 4 saturated carbocycles. The maximum absolute atomic E-state index is 14.0. The quantitative estimate of drug-likeness (QED) is 0.0634. The van der Waals surface area contributed by atoms with Gasteiger partial charge in [0.25, 0.3) is 5.96 Å². The van der Waals surface area contributed by atoms with Gasteiger partial charge in [0.1, 0.15) is 5.78 Å². The molecule has 0 spiro atoms. The smallest absolute Gasteiger partial charge is 0.404 e. The summed E-state index contributed by atoms with van der Waals surface area (Å²) in [6, 6.07) is 0. The Labute approximate surface area is 270 Å². The van der Waals surface area contributed by atoms with Crippen molar-refractivity contribution in [2.24, 2.45) is 57.1 Å². The van der Waals surface area contributed by atoms with Gasteiger partial charge in [-0.3, -0.25) is 9.59 Å². The van der Waals surface area contributed by atoms with Crippen molar-refractivity contribution in [3.05, 3.63) is 10.1 Å². The molecule has 1 amide bonds. The van der Waals surface area contributed by atoms with E-state index in [0.29, 0.717) is 42.9 Å². The average Bonchev–Trinajstić information content (AvgIpc) is 3.30. The monoisotopic (exact) mass is 631 g/mol. The number of hydrazine groups is 1. The van der Waals surface area contributed by atoms with Crippen LogP contribution in [0.3, 0.4) is 0 Å². The van der Waals surface area contributed by atoms with E-state index in [0.717, 1.165) is 38.5 Å². The number of nitro groups is 1.